The fourth-order valence-electron chi connectivity index (χ4n) is 2.97. The highest BCUT2D eigenvalue weighted by atomic mass is 16.1. The summed E-state index contributed by atoms with van der Waals surface area (Å²) in [5.41, 5.74) is 2.97. The summed E-state index contributed by atoms with van der Waals surface area (Å²) in [4.78, 5) is 16.6. The zero-order valence-electron chi connectivity index (χ0n) is 11.9. The second-order valence-electron chi connectivity index (χ2n) is 5.58. The van der Waals surface area contributed by atoms with Crippen LogP contribution in [0.3, 0.4) is 0 Å². The van der Waals surface area contributed by atoms with Crippen LogP contribution in [-0.2, 0) is 0 Å². The highest BCUT2D eigenvalue weighted by Crippen LogP contribution is 2.24. The van der Waals surface area contributed by atoms with Crippen LogP contribution >= 0.6 is 0 Å². The molecule has 5 heteroatoms. The number of anilines is 1. The van der Waals surface area contributed by atoms with Crippen LogP contribution < -0.4 is 16.6 Å². The number of nitrogens with two attached hydrogens (primary N) is 1. The summed E-state index contributed by atoms with van der Waals surface area (Å²) in [6.45, 7) is 0.735. The Bertz CT molecular complexity index is 650. The molecule has 0 radical (unpaired) electrons. The third kappa shape index (κ3) is 2.97. The Kier molecular flexibility index (Phi) is 4.01. The first-order valence-electron chi connectivity index (χ1n) is 7.42. The Morgan fingerprint density at radius 1 is 1.29 bits per heavy atom. The number of nitrogen functional groups attached to an aromatic ring is 1. The second-order valence-corrected chi connectivity index (χ2v) is 5.58. The summed E-state index contributed by atoms with van der Waals surface area (Å²) in [5.74, 6) is 6.52. The first-order chi connectivity index (χ1) is 10.3. The van der Waals surface area contributed by atoms with E-state index in [1.165, 1.54) is 25.7 Å². The predicted octanol–water partition coefficient (Wildman–Crippen LogP) is 2.44. The van der Waals surface area contributed by atoms with Crippen molar-refractivity contribution in [1.82, 2.24) is 10.3 Å². The molecule has 4 N–H and O–H groups in total. The van der Waals surface area contributed by atoms with Crippen molar-refractivity contribution in [3.05, 3.63) is 36.0 Å². The van der Waals surface area contributed by atoms with Crippen LogP contribution in [0.2, 0.25) is 0 Å². The number of aromatic nitrogens is 1. The second kappa shape index (κ2) is 6.10. The topological polar surface area (TPSA) is 80.0 Å². The number of carbonyl (C=O) groups is 1. The van der Waals surface area contributed by atoms with E-state index in [1.807, 2.05) is 24.3 Å². The Morgan fingerprint density at radius 2 is 2.05 bits per heavy atom. The van der Waals surface area contributed by atoms with Gasteiger partial charge in [-0.1, -0.05) is 37.1 Å². The van der Waals surface area contributed by atoms with Gasteiger partial charge in [0.25, 0.3) is 5.91 Å². The minimum absolute atomic E-state index is 0.135. The lowest BCUT2D eigenvalue weighted by Gasteiger charge is -2.12. The smallest absolute Gasteiger partial charge is 0.270 e. The number of fused-ring (bicyclic) bond motifs is 1. The van der Waals surface area contributed by atoms with Gasteiger partial charge < -0.3 is 10.7 Å². The number of nitrogens with zero attached hydrogens (tertiary/aromatic N) is 1. The van der Waals surface area contributed by atoms with E-state index in [4.69, 9.17) is 5.84 Å². The molecule has 1 saturated carbocycles. The van der Waals surface area contributed by atoms with Gasteiger partial charge in [0.15, 0.2) is 0 Å². The first kappa shape index (κ1) is 13.8. The van der Waals surface area contributed by atoms with Gasteiger partial charge in [-0.05, 0) is 30.2 Å². The van der Waals surface area contributed by atoms with Gasteiger partial charge in [-0.3, -0.25) is 4.79 Å². The van der Waals surface area contributed by atoms with Crippen molar-refractivity contribution < 1.29 is 4.79 Å². The predicted molar refractivity (Wildman–Crippen MR) is 83.8 cm³/mol. The summed E-state index contributed by atoms with van der Waals surface area (Å²) >= 11 is 0. The van der Waals surface area contributed by atoms with Gasteiger partial charge in [0.2, 0.25) is 0 Å². The van der Waals surface area contributed by atoms with E-state index in [9.17, 15) is 4.79 Å². The van der Waals surface area contributed by atoms with E-state index >= 15 is 0 Å². The summed E-state index contributed by atoms with van der Waals surface area (Å²) in [6.07, 6.45) is 4.97. The van der Waals surface area contributed by atoms with Crippen LogP contribution in [0.5, 0.6) is 0 Å². The molecule has 0 atom stereocenters. The Hall–Kier alpha value is -2.14. The van der Waals surface area contributed by atoms with Crippen molar-refractivity contribution in [3.63, 3.8) is 0 Å². The number of nitrogens with one attached hydrogen (secondary N) is 2. The van der Waals surface area contributed by atoms with E-state index in [-0.39, 0.29) is 5.91 Å². The van der Waals surface area contributed by atoms with Crippen molar-refractivity contribution in [2.24, 2.45) is 11.8 Å². The van der Waals surface area contributed by atoms with Crippen molar-refractivity contribution in [1.29, 1.82) is 0 Å². The van der Waals surface area contributed by atoms with Crippen molar-refractivity contribution in [2.45, 2.75) is 25.7 Å². The normalized spacial score (nSPS) is 15.3. The average Bonchev–Trinajstić information content (AvgIpc) is 3.04. The molecule has 0 aliphatic heterocycles. The maximum atomic E-state index is 12.3. The monoisotopic (exact) mass is 284 g/mol. The molecule has 0 saturated heterocycles. The number of amides is 1. The van der Waals surface area contributed by atoms with E-state index < -0.39 is 0 Å². The standard InChI is InChI=1S/C16H20N4O/c17-20-15-13-8-4-3-7-12(13)9-14(19-15)16(21)18-10-11-5-1-2-6-11/h3-4,7-9,11H,1-2,5-6,10,17H2,(H,18,21)(H,19,20). The fraction of sp³-hybridized carbons (Fsp3) is 0.375. The zero-order chi connectivity index (χ0) is 14.7. The van der Waals surface area contributed by atoms with E-state index in [1.54, 1.807) is 6.07 Å². The van der Waals surface area contributed by atoms with Gasteiger partial charge in [0.1, 0.15) is 11.5 Å². The van der Waals surface area contributed by atoms with Crippen LogP contribution in [0.15, 0.2) is 30.3 Å². The van der Waals surface area contributed by atoms with Crippen LogP contribution in [0.4, 0.5) is 5.82 Å². The Balaban J connectivity index is 1.80. The molecule has 110 valence electrons. The molecule has 1 heterocycles. The maximum absolute atomic E-state index is 12.3. The zero-order valence-corrected chi connectivity index (χ0v) is 11.9. The molecule has 1 aromatic carbocycles. The number of pyridine rings is 1. The van der Waals surface area contributed by atoms with Gasteiger partial charge in [-0.15, -0.1) is 0 Å². The maximum Gasteiger partial charge on any atom is 0.270 e. The Labute approximate surface area is 123 Å². The number of benzene rings is 1. The molecule has 1 fully saturated rings. The van der Waals surface area contributed by atoms with Gasteiger partial charge in [-0.2, -0.15) is 0 Å². The van der Waals surface area contributed by atoms with Crippen molar-refractivity contribution >= 4 is 22.5 Å². The molecule has 1 aromatic heterocycles. The SMILES string of the molecule is NNc1nc(C(=O)NCC2CCCC2)cc2ccccc12. The quantitative estimate of drug-likeness (QED) is 0.595. The molecule has 1 amide bonds. The van der Waals surface area contributed by atoms with Crippen LogP contribution in [0.25, 0.3) is 10.8 Å². The van der Waals surface area contributed by atoms with Gasteiger partial charge in [0, 0.05) is 11.9 Å². The number of carbonyl (C=O) groups excluding carboxylic acids is 1. The lowest BCUT2D eigenvalue weighted by atomic mass is 10.1. The summed E-state index contributed by atoms with van der Waals surface area (Å²) in [6, 6.07) is 9.54. The molecule has 21 heavy (non-hydrogen) atoms. The molecule has 3 rings (SSSR count). The van der Waals surface area contributed by atoms with Crippen LogP contribution in [-0.4, -0.2) is 17.4 Å². The molecule has 1 aliphatic rings. The third-order valence-electron chi connectivity index (χ3n) is 4.14. The minimum atomic E-state index is -0.135. The molecule has 0 unspecified atom stereocenters. The minimum Gasteiger partial charge on any atom is -0.350 e. The van der Waals surface area contributed by atoms with Gasteiger partial charge in [0.05, 0.1) is 0 Å². The van der Waals surface area contributed by atoms with Crippen LogP contribution in [0, 0.1) is 5.92 Å². The fourth-order valence-corrected chi connectivity index (χ4v) is 2.97. The summed E-state index contributed by atoms with van der Waals surface area (Å²) in [7, 11) is 0. The Morgan fingerprint density at radius 3 is 2.81 bits per heavy atom. The number of rotatable bonds is 4. The van der Waals surface area contributed by atoms with E-state index in [0.717, 1.165) is 17.3 Å². The summed E-state index contributed by atoms with van der Waals surface area (Å²) < 4.78 is 0. The van der Waals surface area contributed by atoms with Crippen molar-refractivity contribution in [2.75, 3.05) is 12.0 Å². The first-order valence-corrected chi connectivity index (χ1v) is 7.42. The number of hydrogen-bond donors (Lipinski definition) is 3. The van der Waals surface area contributed by atoms with Crippen LogP contribution in [0.1, 0.15) is 36.2 Å². The molecular weight excluding hydrogens is 264 g/mol. The molecule has 2 aromatic rings. The molecule has 0 bridgehead atoms. The van der Waals surface area contributed by atoms with Crippen molar-refractivity contribution in [3.8, 4) is 0 Å². The highest BCUT2D eigenvalue weighted by Gasteiger charge is 2.17. The lowest BCUT2D eigenvalue weighted by molar-refractivity contribution is 0.0942. The number of hydrazine groups is 1. The average molecular weight is 284 g/mol. The van der Waals surface area contributed by atoms with Gasteiger partial charge in [-0.25, -0.2) is 10.8 Å². The number of hydrogen-bond acceptors (Lipinski definition) is 4. The molecule has 0 spiro atoms. The molecular formula is C16H20N4O. The largest absolute Gasteiger partial charge is 0.350 e. The molecule has 1 aliphatic carbocycles. The van der Waals surface area contributed by atoms with E-state index in [2.05, 4.69) is 15.7 Å². The van der Waals surface area contributed by atoms with Gasteiger partial charge >= 0.3 is 0 Å². The molecule has 5 nitrogen and oxygen atoms in total. The lowest BCUT2D eigenvalue weighted by Crippen LogP contribution is -2.29. The highest BCUT2D eigenvalue weighted by molar-refractivity contribution is 6.00. The summed E-state index contributed by atoms with van der Waals surface area (Å²) in [5, 5.41) is 4.85. The third-order valence-corrected chi connectivity index (χ3v) is 4.14. The van der Waals surface area contributed by atoms with E-state index in [0.29, 0.717) is 17.4 Å².